The van der Waals surface area contributed by atoms with Crippen LogP contribution >= 0.6 is 0 Å². The van der Waals surface area contributed by atoms with Crippen molar-refractivity contribution in [3.63, 3.8) is 0 Å². The van der Waals surface area contributed by atoms with Crippen molar-refractivity contribution in [2.24, 2.45) is 0 Å². The summed E-state index contributed by atoms with van der Waals surface area (Å²) in [4.78, 5) is 4.47. The molecule has 0 amide bonds. The number of allylic oxidation sites excluding steroid dienone is 1. The molecule has 0 aromatic carbocycles. The first kappa shape index (κ1) is 18.4. The predicted molar refractivity (Wildman–Crippen MR) is 103 cm³/mol. The van der Waals surface area contributed by atoms with Crippen LogP contribution in [0.25, 0.3) is 0 Å². The predicted octanol–water partition coefficient (Wildman–Crippen LogP) is 3.52. The van der Waals surface area contributed by atoms with Gasteiger partial charge >= 0.3 is 0 Å². The summed E-state index contributed by atoms with van der Waals surface area (Å²) in [5.74, 6) is 0.736. The second-order valence-electron chi connectivity index (χ2n) is 6.59. The molecule has 3 rings (SSSR count). The van der Waals surface area contributed by atoms with E-state index in [1.807, 2.05) is 0 Å². The molecule has 2 heterocycles. The van der Waals surface area contributed by atoms with Gasteiger partial charge in [0.05, 0.1) is 23.3 Å². The monoisotopic (exact) mass is 375 g/mol. The molecule has 0 fully saturated rings. The molecule has 1 aliphatic carbocycles. The molecule has 0 saturated heterocycles. The molecule has 3 N–H and O–H groups in total. The lowest BCUT2D eigenvalue weighted by Crippen LogP contribution is -2.15. The zero-order valence-electron chi connectivity index (χ0n) is 15.2. The minimum absolute atomic E-state index is 0.181. The van der Waals surface area contributed by atoms with Gasteiger partial charge in [-0.25, -0.2) is 13.4 Å². The Hall–Kier alpha value is -2.35. The average molecular weight is 375 g/mol. The van der Waals surface area contributed by atoms with Gasteiger partial charge in [-0.1, -0.05) is 11.6 Å². The molecular formula is C18H25N5O2S. The highest BCUT2D eigenvalue weighted by atomic mass is 32.2. The Kier molecular flexibility index (Phi) is 5.61. The summed E-state index contributed by atoms with van der Waals surface area (Å²) < 4.78 is 27.6. The van der Waals surface area contributed by atoms with Crippen molar-refractivity contribution in [3.05, 3.63) is 41.4 Å². The largest absolute Gasteiger partial charge is 0.370 e. The molecule has 0 bridgehead atoms. The Labute approximate surface area is 154 Å². The Bertz CT molecular complexity index is 865. The van der Waals surface area contributed by atoms with Gasteiger partial charge in [0.2, 0.25) is 0 Å². The molecule has 2 aromatic heterocycles. The summed E-state index contributed by atoms with van der Waals surface area (Å²) in [6.45, 7) is 4.17. The van der Waals surface area contributed by atoms with Crippen molar-refractivity contribution in [1.29, 1.82) is 0 Å². The number of hydrogen-bond donors (Lipinski definition) is 3. The fourth-order valence-electron chi connectivity index (χ4n) is 3.18. The van der Waals surface area contributed by atoms with Gasteiger partial charge in [-0.15, -0.1) is 0 Å². The van der Waals surface area contributed by atoms with E-state index in [1.165, 1.54) is 37.5 Å². The van der Waals surface area contributed by atoms with E-state index in [1.54, 1.807) is 26.0 Å². The Morgan fingerprint density at radius 1 is 1.23 bits per heavy atom. The van der Waals surface area contributed by atoms with Crippen molar-refractivity contribution < 1.29 is 8.42 Å². The number of rotatable bonds is 7. The third-order valence-electron chi connectivity index (χ3n) is 4.48. The first-order chi connectivity index (χ1) is 12.5. The summed E-state index contributed by atoms with van der Waals surface area (Å²) in [6.07, 6.45) is 9.86. The number of aryl methyl sites for hydroxylation is 2. The van der Waals surface area contributed by atoms with Gasteiger partial charge in [0.25, 0.3) is 10.0 Å². The second kappa shape index (κ2) is 7.90. The number of hydrogen-bond acceptors (Lipinski definition) is 5. The van der Waals surface area contributed by atoms with E-state index < -0.39 is 10.0 Å². The second-order valence-corrected chi connectivity index (χ2v) is 8.20. The van der Waals surface area contributed by atoms with Crippen LogP contribution in [0.3, 0.4) is 0 Å². The maximum Gasteiger partial charge on any atom is 0.265 e. The van der Waals surface area contributed by atoms with Crippen LogP contribution in [0, 0.1) is 13.8 Å². The fourth-order valence-corrected chi connectivity index (χ4v) is 4.60. The van der Waals surface area contributed by atoms with E-state index in [2.05, 4.69) is 31.3 Å². The number of H-pyrrole nitrogens is 1. The normalized spacial score (nSPS) is 14.8. The highest BCUT2D eigenvalue weighted by Crippen LogP contribution is 2.22. The van der Waals surface area contributed by atoms with Gasteiger partial charge in [-0.05, 0) is 58.1 Å². The molecule has 8 heteroatoms. The zero-order valence-corrected chi connectivity index (χ0v) is 16.0. The lowest BCUT2D eigenvalue weighted by Gasteiger charge is -2.13. The maximum absolute atomic E-state index is 12.5. The van der Waals surface area contributed by atoms with Crippen LogP contribution in [0.5, 0.6) is 0 Å². The smallest absolute Gasteiger partial charge is 0.265 e. The molecule has 0 aliphatic heterocycles. The van der Waals surface area contributed by atoms with E-state index in [-0.39, 0.29) is 4.90 Å². The molecular weight excluding hydrogens is 350 g/mol. The summed E-state index contributed by atoms with van der Waals surface area (Å²) in [7, 11) is -3.69. The number of aromatic nitrogens is 3. The average Bonchev–Trinajstić information content (AvgIpc) is 2.96. The number of nitrogens with zero attached hydrogens (tertiary/aromatic N) is 2. The van der Waals surface area contributed by atoms with Crippen LogP contribution in [-0.4, -0.2) is 30.1 Å². The lowest BCUT2D eigenvalue weighted by atomic mass is 9.97. The minimum Gasteiger partial charge on any atom is -0.370 e. The van der Waals surface area contributed by atoms with Crippen LogP contribution < -0.4 is 10.0 Å². The number of anilines is 2. The number of pyridine rings is 1. The van der Waals surface area contributed by atoms with E-state index in [9.17, 15) is 8.42 Å². The summed E-state index contributed by atoms with van der Waals surface area (Å²) in [6, 6.07) is 3.49. The molecule has 0 radical (unpaired) electrons. The van der Waals surface area contributed by atoms with Crippen LogP contribution in [0.2, 0.25) is 0 Å². The van der Waals surface area contributed by atoms with E-state index in [4.69, 9.17) is 0 Å². The standard InChI is InChI=1S/C18H25N5O2S/c1-13-18(14(2)22-21-13)26(24,25)23-16-8-9-17(20-12-16)19-11-10-15-6-4-3-5-7-15/h6,8-9,12,23H,3-5,7,10-11H2,1-2H3,(H,19,20)(H,21,22). The summed E-state index contributed by atoms with van der Waals surface area (Å²) in [5.41, 5.74) is 2.89. The van der Waals surface area contributed by atoms with Gasteiger partial charge in [-0.2, -0.15) is 5.10 Å². The fraction of sp³-hybridized carbons (Fsp3) is 0.444. The highest BCUT2D eigenvalue weighted by molar-refractivity contribution is 7.92. The number of nitrogens with one attached hydrogen (secondary N) is 3. The van der Waals surface area contributed by atoms with E-state index >= 15 is 0 Å². The van der Waals surface area contributed by atoms with Crippen LogP contribution in [0.1, 0.15) is 43.5 Å². The Balaban J connectivity index is 1.58. The summed E-state index contributed by atoms with van der Waals surface area (Å²) >= 11 is 0. The quantitative estimate of drug-likeness (QED) is 0.643. The molecule has 1 aliphatic rings. The molecule has 0 unspecified atom stereocenters. The number of aromatic amines is 1. The van der Waals surface area contributed by atoms with Crippen molar-refractivity contribution in [2.75, 3.05) is 16.6 Å². The van der Waals surface area contributed by atoms with Crippen molar-refractivity contribution in [2.45, 2.75) is 50.8 Å². The van der Waals surface area contributed by atoms with Gasteiger partial charge < -0.3 is 5.32 Å². The van der Waals surface area contributed by atoms with Crippen molar-refractivity contribution >= 4 is 21.5 Å². The van der Waals surface area contributed by atoms with Crippen molar-refractivity contribution in [1.82, 2.24) is 15.2 Å². The SMILES string of the molecule is Cc1n[nH]c(C)c1S(=O)(=O)Nc1ccc(NCCC2=CCCCC2)nc1. The highest BCUT2D eigenvalue weighted by Gasteiger charge is 2.22. The van der Waals surface area contributed by atoms with Gasteiger partial charge in [0.1, 0.15) is 10.7 Å². The van der Waals surface area contributed by atoms with Gasteiger partial charge in [0.15, 0.2) is 0 Å². The van der Waals surface area contributed by atoms with E-state index in [0.717, 1.165) is 18.8 Å². The third-order valence-corrected chi connectivity index (χ3v) is 6.13. The topological polar surface area (TPSA) is 99.8 Å². The molecule has 0 spiro atoms. The zero-order chi connectivity index (χ0) is 18.6. The van der Waals surface area contributed by atoms with E-state index in [0.29, 0.717) is 17.1 Å². The minimum atomic E-state index is -3.69. The maximum atomic E-state index is 12.5. The first-order valence-corrected chi connectivity index (χ1v) is 10.4. The molecule has 26 heavy (non-hydrogen) atoms. The van der Waals surface area contributed by atoms with Crippen LogP contribution in [0.15, 0.2) is 34.9 Å². The summed E-state index contributed by atoms with van der Waals surface area (Å²) in [5, 5.41) is 9.91. The van der Waals surface area contributed by atoms with Crippen LogP contribution in [0.4, 0.5) is 11.5 Å². The molecule has 0 saturated carbocycles. The first-order valence-electron chi connectivity index (χ1n) is 8.88. The third kappa shape index (κ3) is 4.43. The van der Waals surface area contributed by atoms with Crippen molar-refractivity contribution in [3.8, 4) is 0 Å². The van der Waals surface area contributed by atoms with Gasteiger partial charge in [0, 0.05) is 6.54 Å². The van der Waals surface area contributed by atoms with Crippen LogP contribution in [-0.2, 0) is 10.0 Å². The Morgan fingerprint density at radius 2 is 2.08 bits per heavy atom. The number of sulfonamides is 1. The molecule has 0 atom stereocenters. The Morgan fingerprint density at radius 3 is 2.69 bits per heavy atom. The lowest BCUT2D eigenvalue weighted by molar-refractivity contribution is 0.600. The molecule has 7 nitrogen and oxygen atoms in total. The van der Waals surface area contributed by atoms with Gasteiger partial charge in [-0.3, -0.25) is 9.82 Å². The molecule has 140 valence electrons. The molecule has 2 aromatic rings.